The fourth-order valence-corrected chi connectivity index (χ4v) is 8.02. The smallest absolute Gasteiger partial charge is 0.164 e. The Morgan fingerprint density at radius 2 is 0.839 bits per heavy atom. The average Bonchev–Trinajstić information content (AvgIpc) is 3.28. The molecule has 2 heterocycles. The van der Waals surface area contributed by atoms with Crippen molar-refractivity contribution in [3.8, 4) is 85.1 Å². The molecule has 1 aromatic heterocycles. The van der Waals surface area contributed by atoms with Crippen molar-refractivity contribution in [1.82, 2.24) is 15.0 Å². The number of aromatic nitrogens is 3. The second-order valence-corrected chi connectivity index (χ2v) is 14.2. The van der Waals surface area contributed by atoms with Gasteiger partial charge in [0.1, 0.15) is 11.5 Å². The standard InChI is InChI=1S/C51H38N4O/c1-3-51(4-2)44-29-34(33-52)21-27-46(44)56-47-28-26-42(32-45(47)51)40-18-11-17-39(30-40)41-19-12-20-43(31-41)50-54-48(37-15-9-6-10-16-37)53-49(55-50)38-24-22-36(23-25-38)35-13-7-5-8-14-35/h5-32H,3-4H2,1-2H3. The molecule has 5 nitrogen and oxygen atoms in total. The molecule has 0 fully saturated rings. The van der Waals surface area contributed by atoms with Gasteiger partial charge in [-0.3, -0.25) is 0 Å². The molecule has 1 aliphatic rings. The molecule has 7 aromatic carbocycles. The first-order valence-corrected chi connectivity index (χ1v) is 19.1. The summed E-state index contributed by atoms with van der Waals surface area (Å²) in [6, 6.07) is 60.5. The molecule has 0 saturated heterocycles. The molecule has 9 rings (SSSR count). The topological polar surface area (TPSA) is 71.7 Å². The normalized spacial score (nSPS) is 12.5. The van der Waals surface area contributed by atoms with E-state index in [-0.39, 0.29) is 5.41 Å². The van der Waals surface area contributed by atoms with Crippen LogP contribution in [-0.2, 0) is 5.41 Å². The molecule has 0 aliphatic carbocycles. The monoisotopic (exact) mass is 722 g/mol. The number of nitrogens with zero attached hydrogens (tertiary/aromatic N) is 4. The Morgan fingerprint density at radius 3 is 1.43 bits per heavy atom. The molecular weight excluding hydrogens is 685 g/mol. The van der Waals surface area contributed by atoms with Gasteiger partial charge in [-0.1, -0.05) is 141 Å². The summed E-state index contributed by atoms with van der Waals surface area (Å²) in [6.07, 6.45) is 1.78. The average molecular weight is 723 g/mol. The molecule has 5 heteroatoms. The van der Waals surface area contributed by atoms with E-state index in [4.69, 9.17) is 19.7 Å². The van der Waals surface area contributed by atoms with Gasteiger partial charge in [0, 0.05) is 33.2 Å². The lowest BCUT2D eigenvalue weighted by Gasteiger charge is -2.39. The van der Waals surface area contributed by atoms with Gasteiger partial charge in [0.2, 0.25) is 0 Å². The summed E-state index contributed by atoms with van der Waals surface area (Å²) in [5.41, 5.74) is 12.1. The number of nitriles is 1. The quantitative estimate of drug-likeness (QED) is 0.156. The maximum absolute atomic E-state index is 9.70. The van der Waals surface area contributed by atoms with Gasteiger partial charge in [-0.05, 0) is 88.7 Å². The molecule has 0 bridgehead atoms. The summed E-state index contributed by atoms with van der Waals surface area (Å²) in [5, 5.41) is 9.70. The van der Waals surface area contributed by atoms with Gasteiger partial charge in [0.15, 0.2) is 17.5 Å². The Hall–Kier alpha value is -7.16. The van der Waals surface area contributed by atoms with E-state index in [1.807, 2.05) is 54.6 Å². The fourth-order valence-electron chi connectivity index (χ4n) is 8.02. The lowest BCUT2D eigenvalue weighted by molar-refractivity contribution is 0.375. The minimum absolute atomic E-state index is 0.260. The van der Waals surface area contributed by atoms with Crippen LogP contribution in [0.3, 0.4) is 0 Å². The highest BCUT2D eigenvalue weighted by Crippen LogP contribution is 2.53. The minimum Gasteiger partial charge on any atom is -0.457 e. The van der Waals surface area contributed by atoms with Gasteiger partial charge in [-0.2, -0.15) is 5.26 Å². The molecule has 0 N–H and O–H groups in total. The molecule has 0 unspecified atom stereocenters. The van der Waals surface area contributed by atoms with Crippen molar-refractivity contribution >= 4 is 0 Å². The maximum atomic E-state index is 9.70. The van der Waals surface area contributed by atoms with E-state index >= 15 is 0 Å². The highest BCUT2D eigenvalue weighted by Gasteiger charge is 2.40. The Morgan fingerprint density at radius 1 is 0.429 bits per heavy atom. The van der Waals surface area contributed by atoms with Crippen LogP contribution in [0.2, 0.25) is 0 Å². The van der Waals surface area contributed by atoms with E-state index in [9.17, 15) is 5.26 Å². The first-order valence-electron chi connectivity index (χ1n) is 19.1. The second-order valence-electron chi connectivity index (χ2n) is 14.2. The lowest BCUT2D eigenvalue weighted by atomic mass is 9.68. The van der Waals surface area contributed by atoms with Crippen LogP contribution in [0.1, 0.15) is 43.4 Å². The zero-order valence-corrected chi connectivity index (χ0v) is 31.3. The SMILES string of the molecule is CCC1(CC)c2cc(C#N)ccc2Oc2ccc(-c3cccc(-c4cccc(-c5nc(-c6ccccc6)nc(-c6ccc(-c7ccccc7)cc6)n5)c4)c3)cc21. The predicted molar refractivity (Wildman–Crippen MR) is 225 cm³/mol. The summed E-state index contributed by atoms with van der Waals surface area (Å²) in [7, 11) is 0. The Labute approximate surface area is 327 Å². The largest absolute Gasteiger partial charge is 0.457 e. The van der Waals surface area contributed by atoms with Gasteiger partial charge < -0.3 is 4.74 Å². The van der Waals surface area contributed by atoms with Crippen molar-refractivity contribution in [2.24, 2.45) is 0 Å². The molecule has 0 radical (unpaired) electrons. The summed E-state index contributed by atoms with van der Waals surface area (Å²) in [4.78, 5) is 15.0. The van der Waals surface area contributed by atoms with Crippen LogP contribution in [0.4, 0.5) is 0 Å². The zero-order valence-electron chi connectivity index (χ0n) is 31.3. The summed E-state index contributed by atoms with van der Waals surface area (Å²) in [6.45, 7) is 4.45. The molecule has 268 valence electrons. The number of rotatable bonds is 8. The van der Waals surface area contributed by atoms with Crippen molar-refractivity contribution < 1.29 is 4.74 Å². The predicted octanol–water partition coefficient (Wildman–Crippen LogP) is 13.0. The van der Waals surface area contributed by atoms with Crippen LogP contribution in [0, 0.1) is 11.3 Å². The van der Waals surface area contributed by atoms with E-state index in [0.717, 1.165) is 85.5 Å². The van der Waals surface area contributed by atoms with Crippen molar-refractivity contribution in [2.45, 2.75) is 32.1 Å². The second kappa shape index (κ2) is 14.6. The molecule has 56 heavy (non-hydrogen) atoms. The third kappa shape index (κ3) is 6.32. The highest BCUT2D eigenvalue weighted by atomic mass is 16.5. The van der Waals surface area contributed by atoms with Crippen LogP contribution in [0.5, 0.6) is 11.5 Å². The van der Waals surface area contributed by atoms with Crippen LogP contribution < -0.4 is 4.74 Å². The van der Waals surface area contributed by atoms with Crippen molar-refractivity contribution in [1.29, 1.82) is 5.26 Å². The van der Waals surface area contributed by atoms with Gasteiger partial charge in [0.05, 0.1) is 11.6 Å². The first kappa shape index (κ1) is 34.6. The lowest BCUT2D eigenvalue weighted by Crippen LogP contribution is -2.30. The van der Waals surface area contributed by atoms with E-state index in [1.54, 1.807) is 0 Å². The van der Waals surface area contributed by atoms with E-state index in [1.165, 1.54) is 0 Å². The zero-order chi connectivity index (χ0) is 38.1. The van der Waals surface area contributed by atoms with Crippen molar-refractivity contribution in [3.63, 3.8) is 0 Å². The maximum Gasteiger partial charge on any atom is 0.164 e. The van der Waals surface area contributed by atoms with Gasteiger partial charge >= 0.3 is 0 Å². The van der Waals surface area contributed by atoms with Gasteiger partial charge in [0.25, 0.3) is 0 Å². The third-order valence-electron chi connectivity index (χ3n) is 11.1. The first-order chi connectivity index (χ1) is 27.5. The molecule has 1 aliphatic heterocycles. The Balaban J connectivity index is 1.08. The Kier molecular flexibility index (Phi) is 9.01. The number of hydrogen-bond donors (Lipinski definition) is 0. The highest BCUT2D eigenvalue weighted by molar-refractivity contribution is 5.78. The number of hydrogen-bond acceptors (Lipinski definition) is 5. The van der Waals surface area contributed by atoms with E-state index in [0.29, 0.717) is 23.0 Å². The number of fused-ring (bicyclic) bond motifs is 2. The third-order valence-corrected chi connectivity index (χ3v) is 11.1. The van der Waals surface area contributed by atoms with Crippen LogP contribution in [0.25, 0.3) is 67.5 Å². The molecule has 0 saturated carbocycles. The molecule has 0 spiro atoms. The summed E-state index contributed by atoms with van der Waals surface area (Å²) < 4.78 is 6.45. The molecule has 0 atom stereocenters. The van der Waals surface area contributed by atoms with Crippen LogP contribution in [0.15, 0.2) is 170 Å². The van der Waals surface area contributed by atoms with E-state index < -0.39 is 0 Å². The molecule has 0 amide bonds. The van der Waals surface area contributed by atoms with E-state index in [2.05, 4.69) is 135 Å². The van der Waals surface area contributed by atoms with Gasteiger partial charge in [-0.15, -0.1) is 0 Å². The fraction of sp³-hybridized carbons (Fsp3) is 0.0980. The summed E-state index contributed by atoms with van der Waals surface area (Å²) in [5.74, 6) is 3.57. The van der Waals surface area contributed by atoms with Crippen molar-refractivity contribution in [3.05, 3.63) is 187 Å². The van der Waals surface area contributed by atoms with Gasteiger partial charge in [-0.25, -0.2) is 15.0 Å². The van der Waals surface area contributed by atoms with Crippen LogP contribution >= 0.6 is 0 Å². The minimum atomic E-state index is -0.260. The number of benzene rings is 7. The summed E-state index contributed by atoms with van der Waals surface area (Å²) >= 11 is 0. The molecule has 8 aromatic rings. The van der Waals surface area contributed by atoms with Crippen molar-refractivity contribution in [2.75, 3.05) is 0 Å². The number of ether oxygens (including phenoxy) is 1. The molecular formula is C51H38N4O. The van der Waals surface area contributed by atoms with Crippen LogP contribution in [-0.4, -0.2) is 15.0 Å². The Bertz CT molecular complexity index is 2750.